The molecule has 1 aromatic heterocycles. The molecule has 0 fully saturated rings. The molecule has 2 aromatic rings. The molecule has 4 nitrogen and oxygen atoms in total. The smallest absolute Gasteiger partial charge is 0.309 e. The van der Waals surface area contributed by atoms with Crippen LogP contribution in [-0.2, 0) is 17.6 Å². The number of carboxylic acids is 1. The standard InChI is InChI=1S/C16H19NO3S/c1-11(2)13-5-3-4-6-14(13)20-8-7-15-17-12(10-21-15)9-16(18)19/h3-6,10-11H,7-9H2,1-2H3,(H,18,19). The van der Waals surface area contributed by atoms with Gasteiger partial charge in [0.05, 0.1) is 23.7 Å². The highest BCUT2D eigenvalue weighted by atomic mass is 32.1. The topological polar surface area (TPSA) is 59.4 Å². The summed E-state index contributed by atoms with van der Waals surface area (Å²) < 4.78 is 5.84. The van der Waals surface area contributed by atoms with Crippen LogP contribution < -0.4 is 4.74 Å². The second-order valence-electron chi connectivity index (χ2n) is 5.09. The third-order valence-electron chi connectivity index (χ3n) is 3.05. The molecule has 0 saturated carbocycles. The van der Waals surface area contributed by atoms with Gasteiger partial charge in [-0.25, -0.2) is 4.98 Å². The predicted octanol–water partition coefficient (Wildman–Crippen LogP) is 3.52. The van der Waals surface area contributed by atoms with E-state index in [4.69, 9.17) is 9.84 Å². The molecule has 0 saturated heterocycles. The van der Waals surface area contributed by atoms with Gasteiger partial charge in [0.15, 0.2) is 0 Å². The molecule has 5 heteroatoms. The van der Waals surface area contributed by atoms with E-state index in [1.165, 1.54) is 16.9 Å². The van der Waals surface area contributed by atoms with Gasteiger partial charge in [-0.2, -0.15) is 0 Å². The number of benzene rings is 1. The van der Waals surface area contributed by atoms with Crippen LogP contribution in [0.4, 0.5) is 0 Å². The summed E-state index contributed by atoms with van der Waals surface area (Å²) in [6.07, 6.45) is 0.671. The van der Waals surface area contributed by atoms with Gasteiger partial charge >= 0.3 is 5.97 Å². The average molecular weight is 305 g/mol. The van der Waals surface area contributed by atoms with Crippen LogP contribution in [0.25, 0.3) is 0 Å². The van der Waals surface area contributed by atoms with Gasteiger partial charge < -0.3 is 9.84 Å². The molecule has 0 aliphatic rings. The molecule has 0 atom stereocenters. The molecule has 0 aliphatic carbocycles. The summed E-state index contributed by atoms with van der Waals surface area (Å²) in [4.78, 5) is 14.9. The highest BCUT2D eigenvalue weighted by Crippen LogP contribution is 2.26. The zero-order valence-corrected chi connectivity index (χ0v) is 13.0. The molecule has 21 heavy (non-hydrogen) atoms. The number of thiazole rings is 1. The highest BCUT2D eigenvalue weighted by Gasteiger charge is 2.08. The van der Waals surface area contributed by atoms with E-state index < -0.39 is 5.97 Å². The first-order valence-corrected chi connectivity index (χ1v) is 7.81. The normalized spacial score (nSPS) is 10.8. The number of aromatic nitrogens is 1. The van der Waals surface area contributed by atoms with Crippen LogP contribution in [0.3, 0.4) is 0 Å². The molecule has 1 aromatic carbocycles. The maximum absolute atomic E-state index is 10.6. The molecule has 0 bridgehead atoms. The second kappa shape index (κ2) is 7.22. The van der Waals surface area contributed by atoms with Crippen molar-refractivity contribution in [3.8, 4) is 5.75 Å². The van der Waals surface area contributed by atoms with Crippen LogP contribution in [0.5, 0.6) is 5.75 Å². The van der Waals surface area contributed by atoms with E-state index in [1.807, 2.05) is 18.2 Å². The number of carbonyl (C=O) groups is 1. The Kier molecular flexibility index (Phi) is 5.33. The van der Waals surface area contributed by atoms with E-state index in [2.05, 4.69) is 24.9 Å². The molecular formula is C16H19NO3S. The number of hydrogen-bond donors (Lipinski definition) is 1. The van der Waals surface area contributed by atoms with Crippen LogP contribution in [0.1, 0.15) is 36.0 Å². The molecule has 0 radical (unpaired) electrons. The molecule has 0 amide bonds. The lowest BCUT2D eigenvalue weighted by Crippen LogP contribution is -2.04. The van der Waals surface area contributed by atoms with Gasteiger partial charge in [0.2, 0.25) is 0 Å². The maximum atomic E-state index is 10.6. The third kappa shape index (κ3) is 4.56. The Balaban J connectivity index is 1.90. The SMILES string of the molecule is CC(C)c1ccccc1OCCc1nc(CC(=O)O)cs1. The minimum Gasteiger partial charge on any atom is -0.493 e. The quantitative estimate of drug-likeness (QED) is 0.850. The predicted molar refractivity (Wildman–Crippen MR) is 83.2 cm³/mol. The minimum absolute atomic E-state index is 0.0203. The van der Waals surface area contributed by atoms with Crippen LogP contribution in [-0.4, -0.2) is 22.7 Å². The van der Waals surface area contributed by atoms with Crippen LogP contribution >= 0.6 is 11.3 Å². The zero-order chi connectivity index (χ0) is 15.2. The third-order valence-corrected chi connectivity index (χ3v) is 4.00. The number of nitrogens with zero attached hydrogens (tertiary/aromatic N) is 1. The van der Waals surface area contributed by atoms with Gasteiger partial charge in [0.1, 0.15) is 5.75 Å². The lowest BCUT2D eigenvalue weighted by Gasteiger charge is -2.13. The lowest BCUT2D eigenvalue weighted by atomic mass is 10.0. The van der Waals surface area contributed by atoms with E-state index in [1.54, 1.807) is 5.38 Å². The van der Waals surface area contributed by atoms with Gasteiger partial charge in [-0.15, -0.1) is 11.3 Å². The van der Waals surface area contributed by atoms with Crippen LogP contribution in [0, 0.1) is 0 Å². The van der Waals surface area contributed by atoms with Crippen molar-refractivity contribution in [3.63, 3.8) is 0 Å². The first-order valence-electron chi connectivity index (χ1n) is 6.93. The largest absolute Gasteiger partial charge is 0.493 e. The molecule has 112 valence electrons. The molecule has 0 aliphatic heterocycles. The fourth-order valence-electron chi connectivity index (χ4n) is 2.04. The summed E-state index contributed by atoms with van der Waals surface area (Å²) in [6, 6.07) is 8.04. The fraction of sp³-hybridized carbons (Fsp3) is 0.375. The highest BCUT2D eigenvalue weighted by molar-refractivity contribution is 7.09. The van der Waals surface area contributed by atoms with Crippen molar-refractivity contribution in [1.29, 1.82) is 0 Å². The Morgan fingerprint density at radius 3 is 2.86 bits per heavy atom. The first kappa shape index (κ1) is 15.5. The molecule has 1 N–H and O–H groups in total. The molecule has 0 spiro atoms. The van der Waals surface area contributed by atoms with Gasteiger partial charge in [0.25, 0.3) is 0 Å². The van der Waals surface area contributed by atoms with Crippen LogP contribution in [0.2, 0.25) is 0 Å². The van der Waals surface area contributed by atoms with Crippen molar-refractivity contribution < 1.29 is 14.6 Å². The molecule has 1 heterocycles. The second-order valence-corrected chi connectivity index (χ2v) is 6.04. The summed E-state index contributed by atoms with van der Waals surface area (Å²) in [5.41, 5.74) is 1.81. The minimum atomic E-state index is -0.853. The Labute approximate surface area is 128 Å². The Morgan fingerprint density at radius 1 is 1.38 bits per heavy atom. The van der Waals surface area contributed by atoms with Crippen molar-refractivity contribution in [3.05, 3.63) is 45.9 Å². The lowest BCUT2D eigenvalue weighted by molar-refractivity contribution is -0.136. The van der Waals surface area contributed by atoms with Crippen molar-refractivity contribution in [2.24, 2.45) is 0 Å². The number of rotatable bonds is 7. The van der Waals surface area contributed by atoms with Crippen molar-refractivity contribution in [2.75, 3.05) is 6.61 Å². The number of aliphatic carboxylic acids is 1. The summed E-state index contributed by atoms with van der Waals surface area (Å²) >= 11 is 1.48. The average Bonchev–Trinajstić information content (AvgIpc) is 2.86. The Bertz CT molecular complexity index is 607. The number of para-hydroxylation sites is 1. The van der Waals surface area contributed by atoms with Crippen molar-refractivity contribution in [1.82, 2.24) is 4.98 Å². The van der Waals surface area contributed by atoms with E-state index in [-0.39, 0.29) is 6.42 Å². The van der Waals surface area contributed by atoms with Gasteiger partial charge in [0, 0.05) is 11.8 Å². The molecule has 0 unspecified atom stereocenters. The Morgan fingerprint density at radius 2 is 2.14 bits per heavy atom. The summed E-state index contributed by atoms with van der Waals surface area (Å²) in [5.74, 6) is 0.479. The number of ether oxygens (including phenoxy) is 1. The summed E-state index contributed by atoms with van der Waals surface area (Å²) in [6.45, 7) is 4.83. The van der Waals surface area contributed by atoms with E-state index >= 15 is 0 Å². The first-order chi connectivity index (χ1) is 10.1. The summed E-state index contributed by atoms with van der Waals surface area (Å²) in [5, 5.41) is 11.4. The van der Waals surface area contributed by atoms with E-state index in [0.717, 1.165) is 10.8 Å². The molecule has 2 rings (SSSR count). The fourth-order valence-corrected chi connectivity index (χ4v) is 2.82. The maximum Gasteiger partial charge on any atom is 0.309 e. The number of hydrogen-bond acceptors (Lipinski definition) is 4. The Hall–Kier alpha value is -1.88. The van der Waals surface area contributed by atoms with Gasteiger partial charge in [-0.05, 0) is 17.5 Å². The zero-order valence-electron chi connectivity index (χ0n) is 12.2. The summed E-state index contributed by atoms with van der Waals surface area (Å²) in [7, 11) is 0. The monoisotopic (exact) mass is 305 g/mol. The van der Waals surface area contributed by atoms with E-state index in [0.29, 0.717) is 24.6 Å². The van der Waals surface area contributed by atoms with Gasteiger partial charge in [-0.1, -0.05) is 32.0 Å². The van der Waals surface area contributed by atoms with Crippen molar-refractivity contribution in [2.45, 2.75) is 32.6 Å². The van der Waals surface area contributed by atoms with Crippen molar-refractivity contribution >= 4 is 17.3 Å². The molecular weight excluding hydrogens is 286 g/mol. The van der Waals surface area contributed by atoms with Gasteiger partial charge in [-0.3, -0.25) is 4.79 Å². The van der Waals surface area contributed by atoms with E-state index in [9.17, 15) is 4.79 Å². The number of carboxylic acid groups (broad SMARTS) is 1. The van der Waals surface area contributed by atoms with Crippen LogP contribution in [0.15, 0.2) is 29.6 Å².